The smallest absolute Gasteiger partial charge is 0.0518 e. The van der Waals surface area contributed by atoms with Crippen molar-refractivity contribution in [3.63, 3.8) is 0 Å². The van der Waals surface area contributed by atoms with Crippen LogP contribution in [0.4, 0.5) is 0 Å². The highest BCUT2D eigenvalue weighted by molar-refractivity contribution is 4.93. The van der Waals surface area contributed by atoms with Gasteiger partial charge in [0.1, 0.15) is 0 Å². The van der Waals surface area contributed by atoms with Crippen LogP contribution in [0.15, 0.2) is 57.8 Å². The highest BCUT2D eigenvalue weighted by Gasteiger charge is 2.21. The van der Waals surface area contributed by atoms with Crippen molar-refractivity contribution in [3.05, 3.63) is 64.4 Å². The van der Waals surface area contributed by atoms with E-state index in [1.54, 1.807) is 0 Å². The zero-order valence-corrected chi connectivity index (χ0v) is 12.1. The summed E-state index contributed by atoms with van der Waals surface area (Å²) in [6.07, 6.45) is 5.70. The molecule has 1 fully saturated rings. The molecule has 1 aliphatic heterocycles. The van der Waals surface area contributed by atoms with Crippen molar-refractivity contribution in [1.29, 1.82) is 0 Å². The molecule has 1 aliphatic rings. The van der Waals surface area contributed by atoms with Crippen LogP contribution in [0.1, 0.15) is 33.1 Å². The molecule has 0 radical (unpaired) electrons. The summed E-state index contributed by atoms with van der Waals surface area (Å²) in [5.74, 6) is 0.723. The minimum Gasteiger partial charge on any atom is -0.368 e. The van der Waals surface area contributed by atoms with Gasteiger partial charge < -0.3 is 4.90 Å². The van der Waals surface area contributed by atoms with Gasteiger partial charge in [-0.25, -0.2) is 12.3 Å². The predicted molar refractivity (Wildman–Crippen MR) is 79.7 cm³/mol. The van der Waals surface area contributed by atoms with Crippen LogP contribution in [-0.4, -0.2) is 17.5 Å². The van der Waals surface area contributed by atoms with Crippen molar-refractivity contribution in [2.24, 2.45) is 5.92 Å². The van der Waals surface area contributed by atoms with E-state index in [4.69, 9.17) is 6.58 Å². The fourth-order valence-corrected chi connectivity index (χ4v) is 2.17. The van der Waals surface area contributed by atoms with Crippen molar-refractivity contribution in [3.8, 4) is 0 Å². The molecule has 1 atom stereocenters. The minimum absolute atomic E-state index is 0.635. The van der Waals surface area contributed by atoms with Crippen LogP contribution in [0.3, 0.4) is 0 Å². The Morgan fingerprint density at radius 2 is 1.75 bits per heavy atom. The summed E-state index contributed by atoms with van der Waals surface area (Å²) in [6.45, 7) is 10.6. The largest absolute Gasteiger partial charge is 0.368 e. The molecule has 0 bridgehead atoms. The Morgan fingerprint density at radius 1 is 1.10 bits per heavy atom. The van der Waals surface area contributed by atoms with Gasteiger partial charge in [-0.1, -0.05) is 13.8 Å². The van der Waals surface area contributed by atoms with Crippen LogP contribution in [0.25, 0.3) is 0 Å². The summed E-state index contributed by atoms with van der Waals surface area (Å²) in [7, 11) is 0. The predicted octanol–water partition coefficient (Wildman–Crippen LogP) is 3.84. The van der Waals surface area contributed by atoms with Gasteiger partial charge in [0.05, 0.1) is 6.20 Å². The first-order valence-electron chi connectivity index (χ1n) is 6.79. The van der Waals surface area contributed by atoms with Gasteiger partial charge in [-0.05, 0) is 59.6 Å². The van der Waals surface area contributed by atoms with Crippen molar-refractivity contribution in [1.82, 2.24) is 4.90 Å². The molecule has 0 aromatic rings. The van der Waals surface area contributed by atoms with Crippen molar-refractivity contribution >= 4 is 0 Å². The fraction of sp³-hybridized carbons (Fsp3) is 0.421. The maximum absolute atomic E-state index is 4.95. The first-order chi connectivity index (χ1) is 9.74. The number of likely N-dealkylation sites (tertiary alicyclic amines) is 1. The summed E-state index contributed by atoms with van der Waals surface area (Å²) in [4.78, 5) is 2.33. The van der Waals surface area contributed by atoms with Crippen LogP contribution in [0, 0.1) is 12.5 Å². The van der Waals surface area contributed by atoms with Gasteiger partial charge in [-0.15, -0.1) is 5.73 Å². The maximum atomic E-state index is 4.95. The van der Waals surface area contributed by atoms with E-state index in [2.05, 4.69) is 70.3 Å². The maximum Gasteiger partial charge on any atom is 0.0518 e. The van der Waals surface area contributed by atoms with E-state index < -0.39 is 0 Å². The highest BCUT2D eigenvalue weighted by atomic mass is 15.2. The van der Waals surface area contributed by atoms with Crippen LogP contribution in [0.5, 0.6) is 0 Å². The van der Waals surface area contributed by atoms with Gasteiger partial charge in [-0.2, -0.15) is 0 Å². The lowest BCUT2D eigenvalue weighted by Crippen LogP contribution is -2.25. The third-order valence-electron chi connectivity index (χ3n) is 2.92. The SMILES string of the molecule is [CH-]=C=C=C=C=C=C=C=C=C=CN1CCCC1CC(C)C. The van der Waals surface area contributed by atoms with Crippen molar-refractivity contribution in [2.45, 2.75) is 39.2 Å². The standard InChI is InChI=1S/C19H18N/c1-4-5-6-7-8-9-10-11-12-15-20-16-13-14-19(20)17-18(2)3/h1,15,18-19H,13-14,16-17H2,2-3H3/q-1. The van der Waals surface area contributed by atoms with Crippen molar-refractivity contribution < 1.29 is 0 Å². The Bertz CT molecular complexity index is 653. The van der Waals surface area contributed by atoms with Gasteiger partial charge in [0, 0.05) is 12.6 Å². The Labute approximate surface area is 121 Å². The molecule has 1 unspecified atom stereocenters. The zero-order valence-electron chi connectivity index (χ0n) is 12.1. The van der Waals surface area contributed by atoms with Gasteiger partial charge in [0.15, 0.2) is 0 Å². The topological polar surface area (TPSA) is 3.24 Å². The van der Waals surface area contributed by atoms with Gasteiger partial charge in [0.25, 0.3) is 0 Å². The second-order valence-corrected chi connectivity index (χ2v) is 4.96. The third kappa shape index (κ3) is 6.48. The van der Waals surface area contributed by atoms with Gasteiger partial charge in [0.2, 0.25) is 0 Å². The molecule has 1 rings (SSSR count). The zero-order chi connectivity index (χ0) is 14.6. The molecule has 0 aliphatic carbocycles. The number of rotatable bonds is 3. The lowest BCUT2D eigenvalue weighted by Gasteiger charge is -2.23. The summed E-state index contributed by atoms with van der Waals surface area (Å²) in [5.41, 5.74) is 23.2. The first kappa shape index (κ1) is 15.6. The summed E-state index contributed by atoms with van der Waals surface area (Å²) in [6, 6.07) is 0.635. The molecule has 100 valence electrons. The van der Waals surface area contributed by atoms with E-state index in [-0.39, 0.29) is 0 Å². The molecule has 1 heterocycles. The van der Waals surface area contributed by atoms with Crippen LogP contribution >= 0.6 is 0 Å². The first-order valence-corrected chi connectivity index (χ1v) is 6.79. The number of nitrogens with zero attached hydrogens (tertiary/aromatic N) is 1. The van der Waals surface area contributed by atoms with E-state index in [9.17, 15) is 0 Å². The van der Waals surface area contributed by atoms with Crippen LogP contribution in [0.2, 0.25) is 0 Å². The van der Waals surface area contributed by atoms with Crippen LogP contribution in [-0.2, 0) is 0 Å². The summed E-state index contributed by atoms with van der Waals surface area (Å²) >= 11 is 0. The molecule has 0 aromatic carbocycles. The molecule has 20 heavy (non-hydrogen) atoms. The molecule has 0 saturated carbocycles. The minimum atomic E-state index is 0.635. The lowest BCUT2D eigenvalue weighted by molar-refractivity contribution is 0.303. The Kier molecular flexibility index (Phi) is 7.41. The molecule has 1 saturated heterocycles. The average molecular weight is 260 g/mol. The summed E-state index contributed by atoms with van der Waals surface area (Å²) < 4.78 is 0. The number of hydrogen-bond donors (Lipinski definition) is 0. The quantitative estimate of drug-likeness (QED) is 0.550. The van der Waals surface area contributed by atoms with Crippen LogP contribution < -0.4 is 0 Å². The van der Waals surface area contributed by atoms with E-state index in [0.29, 0.717) is 6.04 Å². The Morgan fingerprint density at radius 3 is 2.40 bits per heavy atom. The molecule has 1 nitrogen and oxygen atoms in total. The Hall–Kier alpha value is -2.44. The van der Waals surface area contributed by atoms with Crippen molar-refractivity contribution in [2.75, 3.05) is 6.54 Å². The van der Waals surface area contributed by atoms with Gasteiger partial charge in [-0.3, -0.25) is 5.73 Å². The fourth-order valence-electron chi connectivity index (χ4n) is 2.17. The molecule has 1 heteroatoms. The second kappa shape index (κ2) is 9.48. The molecule has 0 aromatic heterocycles. The lowest BCUT2D eigenvalue weighted by atomic mass is 10.0. The normalized spacial score (nSPS) is 15.3. The summed E-state index contributed by atoms with van der Waals surface area (Å²) in [5, 5.41) is 0. The molecular weight excluding hydrogens is 242 g/mol. The van der Waals surface area contributed by atoms with E-state index in [1.807, 2.05) is 6.20 Å². The van der Waals surface area contributed by atoms with Gasteiger partial charge >= 0.3 is 0 Å². The molecule has 0 amide bonds. The number of hydrogen-bond acceptors (Lipinski definition) is 1. The van der Waals surface area contributed by atoms with E-state index >= 15 is 0 Å². The highest BCUT2D eigenvalue weighted by Crippen LogP contribution is 2.23. The monoisotopic (exact) mass is 260 g/mol. The molecular formula is C19H18N-. The van der Waals surface area contributed by atoms with E-state index in [1.165, 1.54) is 19.3 Å². The Balaban J connectivity index is 2.84. The second-order valence-electron chi connectivity index (χ2n) is 4.96. The molecule has 0 N–H and O–H groups in total. The van der Waals surface area contributed by atoms with E-state index in [0.717, 1.165) is 12.5 Å². The average Bonchev–Trinajstić information content (AvgIpc) is 2.83. The third-order valence-corrected chi connectivity index (χ3v) is 2.92. The molecule has 0 spiro atoms.